The van der Waals surface area contributed by atoms with Gasteiger partial charge in [0.2, 0.25) is 0 Å². The fourth-order valence-corrected chi connectivity index (χ4v) is 3.76. The zero-order valence-electron chi connectivity index (χ0n) is 23.6. The molecule has 3 aromatic heterocycles. The summed E-state index contributed by atoms with van der Waals surface area (Å²) < 4.78 is 73.4. The number of imidazole rings is 1. The summed E-state index contributed by atoms with van der Waals surface area (Å²) in [5.74, 6) is -2.47. The molecule has 1 aliphatic heterocycles. The van der Waals surface area contributed by atoms with Gasteiger partial charge in [-0.3, -0.25) is 4.79 Å². The first-order chi connectivity index (χ1) is 20.4. The van der Waals surface area contributed by atoms with Crippen LogP contribution in [0.3, 0.4) is 0 Å². The fraction of sp³-hybridized carbons (Fsp3) is 0.615. The zero-order chi connectivity index (χ0) is 31.2. The lowest BCUT2D eigenvalue weighted by Crippen LogP contribution is -2.56. The van der Waals surface area contributed by atoms with E-state index in [0.29, 0.717) is 34.3 Å². The van der Waals surface area contributed by atoms with Gasteiger partial charge in [0.25, 0.3) is 11.8 Å². The number of hydrogen-bond donors (Lipinski definition) is 3. The third kappa shape index (κ3) is 9.56. The number of hydrogen-bond acceptors (Lipinski definition) is 8. The molecule has 2 saturated carbocycles. The number of fused-ring (bicyclic) bond motifs is 1. The number of pyridine rings is 1. The van der Waals surface area contributed by atoms with E-state index in [1.807, 2.05) is 0 Å². The van der Waals surface area contributed by atoms with Gasteiger partial charge < -0.3 is 25.3 Å². The largest absolute Gasteiger partial charge is 0.414 e. The SMILES string of the molecule is C1CC1.CNC(=O)c1nonc1C1CC1.C[C@@H](OCCc1nc2nc(CN3CC(F)(F)CNC3=O)ccc2[nH]1)C(F)(F)F. The summed E-state index contributed by atoms with van der Waals surface area (Å²) in [6, 6.07) is 2.58. The highest BCUT2D eigenvalue weighted by molar-refractivity contribution is 5.93. The van der Waals surface area contributed by atoms with Crippen LogP contribution in [-0.4, -0.2) is 87.1 Å². The van der Waals surface area contributed by atoms with Crippen molar-refractivity contribution >= 4 is 23.1 Å². The Kier molecular flexibility index (Phi) is 10.1. The molecule has 0 spiro atoms. The third-order valence-electron chi connectivity index (χ3n) is 6.45. The second-order valence-corrected chi connectivity index (χ2v) is 10.4. The molecular formula is C26H33F5N8O4. The predicted octanol–water partition coefficient (Wildman–Crippen LogP) is 4.11. The summed E-state index contributed by atoms with van der Waals surface area (Å²) in [6.07, 6.45) is 0.473. The smallest absolute Gasteiger partial charge is 0.369 e. The van der Waals surface area contributed by atoms with E-state index in [0.717, 1.165) is 24.7 Å². The van der Waals surface area contributed by atoms with E-state index in [1.165, 1.54) is 19.3 Å². The molecule has 0 aromatic carbocycles. The highest BCUT2D eigenvalue weighted by atomic mass is 19.4. The Hall–Kier alpha value is -3.89. The first-order valence-electron chi connectivity index (χ1n) is 13.8. The van der Waals surface area contributed by atoms with E-state index in [1.54, 1.807) is 19.2 Å². The van der Waals surface area contributed by atoms with Crippen LogP contribution in [0.15, 0.2) is 16.8 Å². The summed E-state index contributed by atoms with van der Waals surface area (Å²) in [7, 11) is 1.56. The quantitative estimate of drug-likeness (QED) is 0.320. The Balaban J connectivity index is 0.000000229. The number of carbonyl (C=O) groups is 2. The first kappa shape index (κ1) is 32.0. The summed E-state index contributed by atoms with van der Waals surface area (Å²) >= 11 is 0. The first-order valence-corrected chi connectivity index (χ1v) is 13.8. The van der Waals surface area contributed by atoms with Crippen LogP contribution < -0.4 is 10.6 Å². The van der Waals surface area contributed by atoms with E-state index in [9.17, 15) is 31.5 Å². The Morgan fingerprint density at radius 2 is 1.93 bits per heavy atom. The summed E-state index contributed by atoms with van der Waals surface area (Å²) in [5, 5.41) is 11.9. The Bertz CT molecular complexity index is 1390. The molecule has 1 atom stereocenters. The predicted molar refractivity (Wildman–Crippen MR) is 141 cm³/mol. The second kappa shape index (κ2) is 13.6. The number of aromatic amines is 1. The van der Waals surface area contributed by atoms with Gasteiger partial charge in [-0.05, 0) is 37.1 Å². The van der Waals surface area contributed by atoms with Gasteiger partial charge in [0, 0.05) is 19.4 Å². The topological polar surface area (TPSA) is 151 Å². The number of carbonyl (C=O) groups excluding carboxylic acids is 2. The second-order valence-electron chi connectivity index (χ2n) is 10.4. The van der Waals surface area contributed by atoms with E-state index in [-0.39, 0.29) is 31.1 Å². The lowest BCUT2D eigenvalue weighted by molar-refractivity contribution is -0.213. The Morgan fingerprint density at radius 3 is 2.56 bits per heavy atom. The summed E-state index contributed by atoms with van der Waals surface area (Å²) in [6.45, 7) is -0.791. The monoisotopic (exact) mass is 616 g/mol. The van der Waals surface area contributed by atoms with Crippen molar-refractivity contribution in [3.05, 3.63) is 35.0 Å². The van der Waals surface area contributed by atoms with Crippen LogP contribution in [0, 0.1) is 0 Å². The number of amides is 3. The number of halogens is 5. The lowest BCUT2D eigenvalue weighted by Gasteiger charge is -2.32. The third-order valence-corrected chi connectivity index (χ3v) is 6.45. The molecule has 4 heterocycles. The van der Waals surface area contributed by atoms with E-state index >= 15 is 0 Å². The minimum Gasteiger partial charge on any atom is -0.369 e. The Labute approximate surface area is 243 Å². The molecule has 3 aliphatic rings. The number of nitrogens with zero attached hydrogens (tertiary/aromatic N) is 5. The highest BCUT2D eigenvalue weighted by Crippen LogP contribution is 2.40. The van der Waals surface area contributed by atoms with Crippen molar-refractivity contribution in [3.8, 4) is 0 Å². The molecule has 43 heavy (non-hydrogen) atoms. The van der Waals surface area contributed by atoms with Crippen LogP contribution in [0.2, 0.25) is 0 Å². The van der Waals surface area contributed by atoms with Crippen LogP contribution in [0.5, 0.6) is 0 Å². The normalized spacial score (nSPS) is 18.1. The lowest BCUT2D eigenvalue weighted by atomic mass is 10.2. The molecule has 1 saturated heterocycles. The molecule has 0 radical (unpaired) electrons. The van der Waals surface area contributed by atoms with Crippen molar-refractivity contribution in [2.24, 2.45) is 0 Å². The molecule has 3 fully saturated rings. The van der Waals surface area contributed by atoms with Crippen molar-refractivity contribution in [1.29, 1.82) is 0 Å². The summed E-state index contributed by atoms with van der Waals surface area (Å²) in [5.41, 5.74) is 2.21. The minimum atomic E-state index is -4.43. The highest BCUT2D eigenvalue weighted by Gasteiger charge is 2.39. The standard InChI is InChI=1S/C16H18F5N5O2.C7H9N3O2.C3H6/c1-9(16(19,20)21)28-5-4-12-24-11-3-2-10(23-13(11)25-12)6-26-8-15(17,18)7-22-14(26)27;1-8-7(11)6-5(4-2-3-4)9-12-10-6;1-2-3-1/h2-3,9H,4-8H2,1H3,(H,22,27)(H,23,24,25);4H,2-3H2,1H3,(H,8,11);1-3H2/t9-;;/m1../s1. The van der Waals surface area contributed by atoms with E-state index in [4.69, 9.17) is 4.74 Å². The number of ether oxygens (including phenoxy) is 1. The number of nitrogens with one attached hydrogen (secondary N) is 3. The number of alkyl halides is 5. The molecule has 3 N–H and O–H groups in total. The number of urea groups is 1. The fourth-order valence-electron chi connectivity index (χ4n) is 3.76. The molecule has 236 valence electrons. The summed E-state index contributed by atoms with van der Waals surface area (Å²) in [4.78, 5) is 35.2. The van der Waals surface area contributed by atoms with Crippen molar-refractivity contribution < 1.29 is 40.9 Å². The van der Waals surface area contributed by atoms with Gasteiger partial charge in [-0.1, -0.05) is 24.4 Å². The van der Waals surface area contributed by atoms with Gasteiger partial charge in [-0.25, -0.2) is 28.2 Å². The van der Waals surface area contributed by atoms with Gasteiger partial charge in [0.1, 0.15) is 11.5 Å². The van der Waals surface area contributed by atoms with Gasteiger partial charge in [-0.2, -0.15) is 13.2 Å². The minimum absolute atomic E-state index is 0.118. The molecule has 0 bridgehead atoms. The van der Waals surface area contributed by atoms with Crippen molar-refractivity contribution in [1.82, 2.24) is 40.8 Å². The van der Waals surface area contributed by atoms with Gasteiger partial charge in [0.15, 0.2) is 17.4 Å². The number of H-pyrrole nitrogens is 1. The van der Waals surface area contributed by atoms with Crippen LogP contribution in [0.25, 0.3) is 11.2 Å². The number of aromatic nitrogens is 5. The maximum atomic E-state index is 13.5. The molecule has 12 nitrogen and oxygen atoms in total. The average molecular weight is 617 g/mol. The van der Waals surface area contributed by atoms with Crippen molar-refractivity contribution in [2.75, 3.05) is 26.7 Å². The van der Waals surface area contributed by atoms with Gasteiger partial charge >= 0.3 is 12.2 Å². The molecule has 0 unspecified atom stereocenters. The molecular weight excluding hydrogens is 583 g/mol. The van der Waals surface area contributed by atoms with Crippen molar-refractivity contribution in [2.45, 2.75) is 76.1 Å². The Morgan fingerprint density at radius 1 is 1.21 bits per heavy atom. The van der Waals surface area contributed by atoms with Crippen LogP contribution >= 0.6 is 0 Å². The maximum Gasteiger partial charge on any atom is 0.414 e. The van der Waals surface area contributed by atoms with Crippen molar-refractivity contribution in [3.63, 3.8) is 0 Å². The zero-order valence-corrected chi connectivity index (χ0v) is 23.6. The number of rotatable bonds is 8. The molecule has 6 rings (SSSR count). The molecule has 2 aliphatic carbocycles. The molecule has 3 amide bonds. The van der Waals surface area contributed by atoms with Gasteiger partial charge in [0.05, 0.1) is 37.5 Å². The van der Waals surface area contributed by atoms with Crippen LogP contribution in [0.4, 0.5) is 26.7 Å². The van der Waals surface area contributed by atoms with Crippen LogP contribution in [0.1, 0.15) is 72.6 Å². The van der Waals surface area contributed by atoms with Crippen LogP contribution in [-0.2, 0) is 17.7 Å². The average Bonchev–Trinajstić information content (AvgIpc) is 3.91. The van der Waals surface area contributed by atoms with E-state index < -0.39 is 37.3 Å². The maximum absolute atomic E-state index is 13.5. The molecule has 17 heteroatoms. The molecule has 3 aromatic rings. The van der Waals surface area contributed by atoms with Gasteiger partial charge in [-0.15, -0.1) is 0 Å². The van der Waals surface area contributed by atoms with E-state index in [2.05, 4.69) is 40.5 Å².